The Kier molecular flexibility index (Phi) is 4.02. The highest BCUT2D eigenvalue weighted by molar-refractivity contribution is 5.47. The number of aryl methyl sites for hydroxylation is 2. The van der Waals surface area contributed by atoms with Gasteiger partial charge in [-0.3, -0.25) is 4.98 Å². The van der Waals surface area contributed by atoms with Gasteiger partial charge in [0.25, 0.3) is 0 Å². The standard InChI is InChI=1S/C20H19NO2/c1-13-11-15(6-8-18(13)22)20(17-5-3-4-10-21-17)16-7-9-19(23)14(2)12-16/h3-12,20,22-23H,1-2H3. The zero-order chi connectivity index (χ0) is 16.4. The predicted molar refractivity (Wildman–Crippen MR) is 90.9 cm³/mol. The maximum absolute atomic E-state index is 9.80. The SMILES string of the molecule is Cc1cc(C(c2ccc(O)c(C)c2)c2ccccn2)ccc1O. The third-order valence-electron chi connectivity index (χ3n) is 4.09. The molecule has 3 nitrogen and oxygen atoms in total. The van der Waals surface area contributed by atoms with E-state index in [-0.39, 0.29) is 17.4 Å². The number of phenolic OH excluding ortho intramolecular Hbond substituents is 2. The predicted octanol–water partition coefficient (Wildman–Crippen LogP) is 4.29. The zero-order valence-electron chi connectivity index (χ0n) is 13.2. The van der Waals surface area contributed by atoms with Crippen molar-refractivity contribution in [2.45, 2.75) is 19.8 Å². The van der Waals surface area contributed by atoms with Crippen LogP contribution in [0.5, 0.6) is 11.5 Å². The summed E-state index contributed by atoms with van der Waals surface area (Å²) in [5.74, 6) is 0.528. The normalized spacial score (nSPS) is 10.9. The van der Waals surface area contributed by atoms with Crippen LogP contribution in [0.1, 0.15) is 33.9 Å². The van der Waals surface area contributed by atoms with Crippen molar-refractivity contribution >= 4 is 0 Å². The van der Waals surface area contributed by atoms with Gasteiger partial charge in [0.05, 0.1) is 11.6 Å². The van der Waals surface area contributed by atoms with Gasteiger partial charge in [-0.1, -0.05) is 30.3 Å². The van der Waals surface area contributed by atoms with Gasteiger partial charge in [0, 0.05) is 6.20 Å². The molecule has 2 N–H and O–H groups in total. The molecule has 0 amide bonds. The van der Waals surface area contributed by atoms with Gasteiger partial charge in [-0.15, -0.1) is 0 Å². The van der Waals surface area contributed by atoms with Crippen molar-refractivity contribution in [1.82, 2.24) is 4.98 Å². The fourth-order valence-electron chi connectivity index (χ4n) is 2.80. The molecule has 1 aromatic heterocycles. The zero-order valence-corrected chi connectivity index (χ0v) is 13.2. The van der Waals surface area contributed by atoms with Crippen molar-refractivity contribution in [2.24, 2.45) is 0 Å². The van der Waals surface area contributed by atoms with E-state index in [0.717, 1.165) is 27.9 Å². The Labute approximate surface area is 135 Å². The van der Waals surface area contributed by atoms with E-state index in [2.05, 4.69) is 4.98 Å². The van der Waals surface area contributed by atoms with Gasteiger partial charge < -0.3 is 10.2 Å². The van der Waals surface area contributed by atoms with E-state index in [0.29, 0.717) is 0 Å². The fraction of sp³-hybridized carbons (Fsp3) is 0.150. The van der Waals surface area contributed by atoms with Gasteiger partial charge in [0.15, 0.2) is 0 Å². The van der Waals surface area contributed by atoms with E-state index >= 15 is 0 Å². The van der Waals surface area contributed by atoms with Gasteiger partial charge in [-0.25, -0.2) is 0 Å². The number of nitrogens with zero attached hydrogens (tertiary/aromatic N) is 1. The molecule has 0 spiro atoms. The number of aromatic nitrogens is 1. The second-order valence-electron chi connectivity index (χ2n) is 5.78. The van der Waals surface area contributed by atoms with E-state index in [1.54, 1.807) is 18.3 Å². The summed E-state index contributed by atoms with van der Waals surface area (Å²) in [6.07, 6.45) is 1.78. The third kappa shape index (κ3) is 3.04. The van der Waals surface area contributed by atoms with Crippen LogP contribution < -0.4 is 0 Å². The third-order valence-corrected chi connectivity index (χ3v) is 4.09. The first kappa shape index (κ1) is 15.1. The minimum Gasteiger partial charge on any atom is -0.508 e. The number of hydrogen-bond donors (Lipinski definition) is 2. The molecule has 0 saturated heterocycles. The summed E-state index contributed by atoms with van der Waals surface area (Å²) in [7, 11) is 0. The van der Waals surface area contributed by atoms with Crippen LogP contribution in [0.15, 0.2) is 60.8 Å². The molecular weight excluding hydrogens is 286 g/mol. The first-order chi connectivity index (χ1) is 11.1. The van der Waals surface area contributed by atoms with Crippen molar-refractivity contribution in [3.05, 3.63) is 88.7 Å². The highest BCUT2D eigenvalue weighted by Gasteiger charge is 2.19. The van der Waals surface area contributed by atoms with Crippen LogP contribution in [0.4, 0.5) is 0 Å². The summed E-state index contributed by atoms with van der Waals surface area (Å²) in [4.78, 5) is 4.51. The Morgan fingerprint density at radius 2 is 1.35 bits per heavy atom. The smallest absolute Gasteiger partial charge is 0.118 e. The maximum Gasteiger partial charge on any atom is 0.118 e. The summed E-state index contributed by atoms with van der Waals surface area (Å²) >= 11 is 0. The molecule has 116 valence electrons. The topological polar surface area (TPSA) is 53.4 Å². The van der Waals surface area contributed by atoms with Crippen molar-refractivity contribution in [3.8, 4) is 11.5 Å². The molecule has 0 atom stereocenters. The van der Waals surface area contributed by atoms with Crippen LogP contribution in [0.25, 0.3) is 0 Å². The lowest BCUT2D eigenvalue weighted by Gasteiger charge is -2.19. The van der Waals surface area contributed by atoms with Crippen LogP contribution >= 0.6 is 0 Å². The van der Waals surface area contributed by atoms with Crippen LogP contribution in [-0.4, -0.2) is 15.2 Å². The Morgan fingerprint density at radius 3 is 1.78 bits per heavy atom. The minimum absolute atomic E-state index is 0.0465. The summed E-state index contributed by atoms with van der Waals surface area (Å²) in [6, 6.07) is 17.1. The van der Waals surface area contributed by atoms with E-state index in [1.165, 1.54) is 0 Å². The highest BCUT2D eigenvalue weighted by atomic mass is 16.3. The number of aromatic hydroxyl groups is 2. The van der Waals surface area contributed by atoms with E-state index in [9.17, 15) is 10.2 Å². The minimum atomic E-state index is -0.0465. The molecule has 0 bridgehead atoms. The molecule has 3 aromatic rings. The van der Waals surface area contributed by atoms with Crippen molar-refractivity contribution in [2.75, 3.05) is 0 Å². The molecule has 0 fully saturated rings. The lowest BCUT2D eigenvalue weighted by atomic mass is 9.86. The number of rotatable bonds is 3. The largest absolute Gasteiger partial charge is 0.508 e. The van der Waals surface area contributed by atoms with Crippen molar-refractivity contribution in [3.63, 3.8) is 0 Å². The average Bonchev–Trinajstić information content (AvgIpc) is 2.55. The van der Waals surface area contributed by atoms with E-state index in [1.807, 2.05) is 56.3 Å². The second-order valence-corrected chi connectivity index (χ2v) is 5.78. The van der Waals surface area contributed by atoms with Gasteiger partial charge >= 0.3 is 0 Å². The fourth-order valence-corrected chi connectivity index (χ4v) is 2.80. The van der Waals surface area contributed by atoms with Crippen molar-refractivity contribution < 1.29 is 10.2 Å². The first-order valence-corrected chi connectivity index (χ1v) is 7.56. The molecule has 0 aliphatic rings. The molecule has 0 aliphatic carbocycles. The Morgan fingerprint density at radius 1 is 0.783 bits per heavy atom. The van der Waals surface area contributed by atoms with Crippen molar-refractivity contribution in [1.29, 1.82) is 0 Å². The molecule has 2 aromatic carbocycles. The number of hydrogen-bond acceptors (Lipinski definition) is 3. The molecule has 0 unspecified atom stereocenters. The number of benzene rings is 2. The van der Waals surface area contributed by atoms with E-state index < -0.39 is 0 Å². The quantitative estimate of drug-likeness (QED) is 0.759. The molecule has 3 heteroatoms. The second kappa shape index (κ2) is 6.13. The molecule has 1 heterocycles. The summed E-state index contributed by atoms with van der Waals surface area (Å²) < 4.78 is 0. The monoisotopic (exact) mass is 305 g/mol. The summed E-state index contributed by atoms with van der Waals surface area (Å²) in [6.45, 7) is 3.77. The molecule has 23 heavy (non-hydrogen) atoms. The number of phenols is 2. The number of pyridine rings is 1. The molecular formula is C20H19NO2. The lowest BCUT2D eigenvalue weighted by molar-refractivity contribution is 0.470. The summed E-state index contributed by atoms with van der Waals surface area (Å²) in [5.41, 5.74) is 4.72. The maximum atomic E-state index is 9.80. The first-order valence-electron chi connectivity index (χ1n) is 7.56. The Hall–Kier alpha value is -2.81. The molecule has 3 rings (SSSR count). The van der Waals surface area contributed by atoms with Crippen LogP contribution in [-0.2, 0) is 0 Å². The average molecular weight is 305 g/mol. The summed E-state index contributed by atoms with van der Waals surface area (Å²) in [5, 5.41) is 19.6. The highest BCUT2D eigenvalue weighted by Crippen LogP contribution is 2.34. The van der Waals surface area contributed by atoms with Gasteiger partial charge in [-0.2, -0.15) is 0 Å². The van der Waals surface area contributed by atoms with Gasteiger partial charge in [-0.05, 0) is 60.4 Å². The molecule has 0 radical (unpaired) electrons. The van der Waals surface area contributed by atoms with Crippen LogP contribution in [0.3, 0.4) is 0 Å². The van der Waals surface area contributed by atoms with Crippen LogP contribution in [0.2, 0.25) is 0 Å². The van der Waals surface area contributed by atoms with E-state index in [4.69, 9.17) is 0 Å². The Balaban J connectivity index is 2.17. The lowest BCUT2D eigenvalue weighted by Crippen LogP contribution is -2.06. The van der Waals surface area contributed by atoms with Gasteiger partial charge in [0.2, 0.25) is 0 Å². The molecule has 0 saturated carbocycles. The van der Waals surface area contributed by atoms with Gasteiger partial charge in [0.1, 0.15) is 11.5 Å². The Bertz CT molecular complexity index is 777. The molecule has 0 aliphatic heterocycles. The van der Waals surface area contributed by atoms with Crippen LogP contribution in [0, 0.1) is 13.8 Å².